The molecule has 4 rings (SSSR count). The fourth-order valence-corrected chi connectivity index (χ4v) is 5.35. The molecule has 0 aliphatic heterocycles. The number of hydrogen-bond acceptors (Lipinski definition) is 2. The molecule has 1 aromatic carbocycles. The van der Waals surface area contributed by atoms with Crippen LogP contribution in [-0.2, 0) is 0 Å². The lowest BCUT2D eigenvalue weighted by Gasteiger charge is -2.21. The number of rotatable bonds is 3. The Bertz CT molecular complexity index is 695. The zero-order valence-electron chi connectivity index (χ0n) is 12.2. The summed E-state index contributed by atoms with van der Waals surface area (Å²) in [5, 5.41) is 7.15. The second-order valence-corrected chi connectivity index (χ2v) is 7.16. The van der Waals surface area contributed by atoms with Gasteiger partial charge < -0.3 is 5.32 Å². The Morgan fingerprint density at radius 3 is 2.95 bits per heavy atom. The zero-order chi connectivity index (χ0) is 13.7. The maximum absolute atomic E-state index is 3.39. The molecule has 1 saturated carbocycles. The van der Waals surface area contributed by atoms with Crippen molar-refractivity contribution in [2.75, 3.05) is 13.6 Å². The van der Waals surface area contributed by atoms with Crippen LogP contribution in [0.2, 0.25) is 0 Å². The van der Waals surface area contributed by atoms with Gasteiger partial charge in [0.2, 0.25) is 0 Å². The number of aryl methyl sites for hydroxylation is 1. The van der Waals surface area contributed by atoms with Crippen molar-refractivity contribution >= 4 is 27.0 Å². The second-order valence-electron chi connectivity index (χ2n) is 6.28. The highest BCUT2D eigenvalue weighted by Crippen LogP contribution is 2.53. The van der Waals surface area contributed by atoms with Crippen LogP contribution in [0.3, 0.4) is 0 Å². The van der Waals surface area contributed by atoms with E-state index in [0.29, 0.717) is 0 Å². The topological polar surface area (TPSA) is 12.0 Å². The standard InChI is InChI=1S/C18H21NS/c1-11-10-20-18-14(11)4-3-5-15(18)17-13-7-6-12(8-13)16(17)9-19-2/h3-5,10,12-13,19H,6-9H2,1-2H3. The molecule has 0 spiro atoms. The summed E-state index contributed by atoms with van der Waals surface area (Å²) in [5.41, 5.74) is 6.33. The molecule has 1 N–H and O–H groups in total. The number of thiophene rings is 1. The van der Waals surface area contributed by atoms with E-state index in [1.807, 2.05) is 11.3 Å². The Morgan fingerprint density at radius 1 is 1.25 bits per heavy atom. The molecule has 20 heavy (non-hydrogen) atoms. The first-order valence-corrected chi connectivity index (χ1v) is 8.52. The van der Waals surface area contributed by atoms with Crippen molar-refractivity contribution in [1.29, 1.82) is 0 Å². The predicted molar refractivity (Wildman–Crippen MR) is 88.2 cm³/mol. The molecule has 1 heterocycles. The summed E-state index contributed by atoms with van der Waals surface area (Å²) in [6.45, 7) is 3.30. The molecule has 104 valence electrons. The highest BCUT2D eigenvalue weighted by atomic mass is 32.1. The van der Waals surface area contributed by atoms with Gasteiger partial charge in [-0.2, -0.15) is 0 Å². The van der Waals surface area contributed by atoms with Gasteiger partial charge in [-0.1, -0.05) is 18.2 Å². The SMILES string of the molecule is CNCC1=C(c2cccc3c(C)csc23)C2CCC1C2. The van der Waals surface area contributed by atoms with E-state index in [9.17, 15) is 0 Å². The molecular formula is C18H21NS. The molecule has 2 aromatic rings. The average Bonchev–Trinajstić information content (AvgIpc) is 3.14. The minimum absolute atomic E-state index is 0.816. The first-order valence-electron chi connectivity index (χ1n) is 7.64. The van der Waals surface area contributed by atoms with Gasteiger partial charge >= 0.3 is 0 Å². The molecule has 2 aliphatic rings. The van der Waals surface area contributed by atoms with Gasteiger partial charge in [-0.15, -0.1) is 11.3 Å². The van der Waals surface area contributed by atoms with Gasteiger partial charge in [0, 0.05) is 11.2 Å². The van der Waals surface area contributed by atoms with E-state index in [1.165, 1.54) is 40.5 Å². The molecule has 2 aliphatic carbocycles. The van der Waals surface area contributed by atoms with Crippen LogP contribution in [0.5, 0.6) is 0 Å². The first-order chi connectivity index (χ1) is 9.79. The lowest BCUT2D eigenvalue weighted by Crippen LogP contribution is -2.16. The summed E-state index contributed by atoms with van der Waals surface area (Å²) >= 11 is 1.92. The summed E-state index contributed by atoms with van der Waals surface area (Å²) in [5.74, 6) is 1.66. The number of allylic oxidation sites excluding steroid dienone is 1. The van der Waals surface area contributed by atoms with Gasteiger partial charge in [-0.3, -0.25) is 0 Å². The first kappa shape index (κ1) is 12.6. The van der Waals surface area contributed by atoms with Crippen LogP contribution < -0.4 is 5.32 Å². The van der Waals surface area contributed by atoms with Crippen molar-refractivity contribution in [2.45, 2.75) is 26.2 Å². The van der Waals surface area contributed by atoms with E-state index in [-0.39, 0.29) is 0 Å². The molecule has 1 nitrogen and oxygen atoms in total. The van der Waals surface area contributed by atoms with Gasteiger partial charge in [-0.05, 0) is 78.1 Å². The van der Waals surface area contributed by atoms with Crippen molar-refractivity contribution in [1.82, 2.24) is 5.32 Å². The Kier molecular flexibility index (Phi) is 2.97. The highest BCUT2D eigenvalue weighted by molar-refractivity contribution is 7.17. The molecule has 2 heteroatoms. The number of nitrogens with one attached hydrogen (secondary N) is 1. The minimum Gasteiger partial charge on any atom is -0.316 e. The molecule has 2 unspecified atom stereocenters. The number of hydrogen-bond donors (Lipinski definition) is 1. The van der Waals surface area contributed by atoms with Gasteiger partial charge in [0.1, 0.15) is 0 Å². The lowest BCUT2D eigenvalue weighted by molar-refractivity contribution is 0.627. The van der Waals surface area contributed by atoms with Crippen LogP contribution >= 0.6 is 11.3 Å². The molecule has 2 atom stereocenters. The molecule has 1 fully saturated rings. The molecule has 0 radical (unpaired) electrons. The smallest absolute Gasteiger partial charge is 0.0420 e. The third kappa shape index (κ3) is 1.71. The number of benzene rings is 1. The quantitative estimate of drug-likeness (QED) is 0.867. The van der Waals surface area contributed by atoms with Crippen molar-refractivity contribution in [3.8, 4) is 0 Å². The van der Waals surface area contributed by atoms with E-state index in [1.54, 1.807) is 11.1 Å². The molecule has 0 saturated heterocycles. The zero-order valence-corrected chi connectivity index (χ0v) is 13.0. The van der Waals surface area contributed by atoms with Crippen LogP contribution in [0.25, 0.3) is 15.7 Å². The maximum atomic E-state index is 3.39. The monoisotopic (exact) mass is 283 g/mol. The van der Waals surface area contributed by atoms with Gasteiger partial charge in [0.25, 0.3) is 0 Å². The van der Waals surface area contributed by atoms with Crippen molar-refractivity contribution in [3.05, 3.63) is 40.3 Å². The molecular weight excluding hydrogens is 262 g/mol. The summed E-state index contributed by atoms with van der Waals surface area (Å²) in [4.78, 5) is 0. The summed E-state index contributed by atoms with van der Waals surface area (Å²) in [7, 11) is 2.08. The van der Waals surface area contributed by atoms with Crippen LogP contribution in [0.4, 0.5) is 0 Å². The molecule has 2 bridgehead atoms. The van der Waals surface area contributed by atoms with Gasteiger partial charge in [0.05, 0.1) is 0 Å². The summed E-state index contributed by atoms with van der Waals surface area (Å²) < 4.78 is 1.50. The molecule has 0 amide bonds. The van der Waals surface area contributed by atoms with E-state index >= 15 is 0 Å². The van der Waals surface area contributed by atoms with Crippen molar-refractivity contribution in [2.24, 2.45) is 11.8 Å². The minimum atomic E-state index is 0.816. The fraction of sp³-hybridized carbons (Fsp3) is 0.444. The summed E-state index contributed by atoms with van der Waals surface area (Å²) in [6.07, 6.45) is 4.20. The van der Waals surface area contributed by atoms with E-state index < -0.39 is 0 Å². The summed E-state index contributed by atoms with van der Waals surface area (Å²) in [6, 6.07) is 6.87. The third-order valence-corrected chi connectivity index (χ3v) is 6.28. The highest BCUT2D eigenvalue weighted by Gasteiger charge is 2.39. The Balaban J connectivity index is 1.93. The third-order valence-electron chi connectivity index (χ3n) is 5.13. The Hall–Kier alpha value is -1.12. The predicted octanol–water partition coefficient (Wildman–Crippen LogP) is 4.61. The average molecular weight is 283 g/mol. The van der Waals surface area contributed by atoms with E-state index in [4.69, 9.17) is 0 Å². The van der Waals surface area contributed by atoms with Gasteiger partial charge in [0.15, 0.2) is 0 Å². The number of fused-ring (bicyclic) bond motifs is 3. The second kappa shape index (κ2) is 4.71. The van der Waals surface area contributed by atoms with Crippen LogP contribution in [-0.4, -0.2) is 13.6 Å². The van der Waals surface area contributed by atoms with Crippen molar-refractivity contribution < 1.29 is 0 Å². The van der Waals surface area contributed by atoms with Crippen LogP contribution in [0, 0.1) is 18.8 Å². The Labute approximate surface area is 124 Å². The normalized spacial score (nSPS) is 25.1. The van der Waals surface area contributed by atoms with Gasteiger partial charge in [-0.25, -0.2) is 0 Å². The maximum Gasteiger partial charge on any atom is 0.0420 e. The molecule has 1 aromatic heterocycles. The van der Waals surface area contributed by atoms with Crippen LogP contribution in [0.1, 0.15) is 30.4 Å². The van der Waals surface area contributed by atoms with Crippen molar-refractivity contribution in [3.63, 3.8) is 0 Å². The lowest BCUT2D eigenvalue weighted by atomic mass is 9.86. The number of likely N-dealkylation sites (N-methyl/N-ethyl adjacent to an activating group) is 1. The fourth-order valence-electron chi connectivity index (χ4n) is 4.26. The van der Waals surface area contributed by atoms with E-state index in [0.717, 1.165) is 18.4 Å². The largest absolute Gasteiger partial charge is 0.316 e. The Morgan fingerprint density at radius 2 is 2.10 bits per heavy atom. The van der Waals surface area contributed by atoms with Crippen LogP contribution in [0.15, 0.2) is 29.2 Å². The van der Waals surface area contributed by atoms with E-state index in [2.05, 4.69) is 42.9 Å².